The first-order valence-electron chi connectivity index (χ1n) is 3.14. The van der Waals surface area contributed by atoms with E-state index in [4.69, 9.17) is 15.6 Å². The van der Waals surface area contributed by atoms with Crippen LogP contribution >= 0.6 is 15.9 Å². The summed E-state index contributed by atoms with van der Waals surface area (Å²) in [4.78, 5) is 3.91. The third-order valence-corrected chi connectivity index (χ3v) is 1.88. The number of aliphatic hydroxyl groups excluding tert-OH is 1. The van der Waals surface area contributed by atoms with E-state index in [0.29, 0.717) is 16.0 Å². The molecule has 0 atom stereocenters. The fourth-order valence-electron chi connectivity index (χ4n) is 0.581. The van der Waals surface area contributed by atoms with Gasteiger partial charge in [-0.3, -0.25) is 0 Å². The molecule has 1 aromatic rings. The van der Waals surface area contributed by atoms with Gasteiger partial charge in [-0.15, -0.1) is 0 Å². The average Bonchev–Trinajstić information content (AvgIpc) is 2.13. The zero-order valence-electron chi connectivity index (χ0n) is 6.91. The van der Waals surface area contributed by atoms with Crippen LogP contribution in [0.2, 0.25) is 0 Å². The number of ether oxygens (including phenoxy) is 1. The summed E-state index contributed by atoms with van der Waals surface area (Å²) in [6.45, 7) is 0. The van der Waals surface area contributed by atoms with Gasteiger partial charge in [0.05, 0.1) is 12.8 Å². The van der Waals surface area contributed by atoms with E-state index in [-0.39, 0.29) is 0 Å². The number of aliphatic hydroxyl groups is 1. The van der Waals surface area contributed by atoms with Crippen LogP contribution in [0.3, 0.4) is 0 Å². The van der Waals surface area contributed by atoms with Crippen molar-refractivity contribution in [3.8, 4) is 5.88 Å². The van der Waals surface area contributed by atoms with E-state index in [1.807, 2.05) is 0 Å². The number of anilines is 1. The largest absolute Gasteiger partial charge is 0.480 e. The van der Waals surface area contributed by atoms with Gasteiger partial charge in [-0.2, -0.15) is 0 Å². The molecule has 1 heterocycles. The summed E-state index contributed by atoms with van der Waals surface area (Å²) < 4.78 is 5.59. The molecule has 0 unspecified atom stereocenters. The van der Waals surface area contributed by atoms with Crippen LogP contribution in [0, 0.1) is 0 Å². The number of methoxy groups -OCH3 is 1. The molecule has 3 N–H and O–H groups in total. The first-order valence-corrected chi connectivity index (χ1v) is 3.93. The summed E-state index contributed by atoms with van der Waals surface area (Å²) in [7, 11) is 2.55. The Bertz CT molecular complexity index is 243. The molecule has 4 nitrogen and oxygen atoms in total. The van der Waals surface area contributed by atoms with Crippen LogP contribution in [-0.4, -0.2) is 24.3 Å². The van der Waals surface area contributed by atoms with Crippen LogP contribution in [-0.2, 0) is 0 Å². The number of pyridine rings is 1. The third kappa shape index (κ3) is 2.67. The molecular weight excluding hydrogens is 224 g/mol. The van der Waals surface area contributed by atoms with Crippen molar-refractivity contribution >= 4 is 21.6 Å². The van der Waals surface area contributed by atoms with Crippen molar-refractivity contribution in [2.24, 2.45) is 0 Å². The molecule has 0 amide bonds. The monoisotopic (exact) mass is 234 g/mol. The van der Waals surface area contributed by atoms with E-state index >= 15 is 0 Å². The summed E-state index contributed by atoms with van der Waals surface area (Å²) in [5.41, 5.74) is 6.16. The molecule has 0 aliphatic heterocycles. The van der Waals surface area contributed by atoms with Gasteiger partial charge < -0.3 is 15.6 Å². The van der Waals surface area contributed by atoms with Gasteiger partial charge in [0.25, 0.3) is 0 Å². The van der Waals surface area contributed by atoms with Gasteiger partial charge >= 0.3 is 0 Å². The standard InChI is InChI=1S/C6H7BrN2O.CH4O/c1-10-6-5(7)4(8)2-3-9-6;1-2/h2-3H,1H3,(H2,8,9);2H,1H3. The molecular formula is C7H11BrN2O2. The van der Waals surface area contributed by atoms with Gasteiger partial charge in [0, 0.05) is 13.3 Å². The molecule has 0 radical (unpaired) electrons. The number of nitrogens with two attached hydrogens (primary N) is 1. The number of halogens is 1. The lowest BCUT2D eigenvalue weighted by Crippen LogP contribution is -1.92. The Hall–Kier alpha value is -0.810. The van der Waals surface area contributed by atoms with E-state index in [2.05, 4.69) is 20.9 Å². The summed E-state index contributed by atoms with van der Waals surface area (Å²) in [6.07, 6.45) is 1.60. The van der Waals surface area contributed by atoms with Crippen molar-refractivity contribution in [1.29, 1.82) is 0 Å². The number of hydrogen-bond acceptors (Lipinski definition) is 4. The molecule has 1 rings (SSSR count). The van der Waals surface area contributed by atoms with E-state index in [1.54, 1.807) is 19.4 Å². The van der Waals surface area contributed by atoms with Gasteiger partial charge in [0.1, 0.15) is 4.47 Å². The summed E-state index contributed by atoms with van der Waals surface area (Å²) in [5, 5.41) is 7.00. The Morgan fingerprint density at radius 3 is 2.58 bits per heavy atom. The SMILES string of the molecule is CO.COc1nccc(N)c1Br. The van der Waals surface area contributed by atoms with Crippen LogP contribution in [0.1, 0.15) is 0 Å². The zero-order chi connectivity index (χ0) is 9.56. The number of rotatable bonds is 1. The minimum atomic E-state index is 0.514. The highest BCUT2D eigenvalue weighted by Gasteiger charge is 2.02. The maximum absolute atomic E-state index is 7.00. The zero-order valence-corrected chi connectivity index (χ0v) is 8.50. The second-order valence-electron chi connectivity index (χ2n) is 1.72. The maximum Gasteiger partial charge on any atom is 0.229 e. The second kappa shape index (κ2) is 5.79. The quantitative estimate of drug-likeness (QED) is 0.763. The number of nitrogens with zero attached hydrogens (tertiary/aromatic N) is 1. The van der Waals surface area contributed by atoms with Gasteiger partial charge in [0.15, 0.2) is 0 Å². The summed E-state index contributed by atoms with van der Waals surface area (Å²) in [5.74, 6) is 0.514. The number of aromatic nitrogens is 1. The topological polar surface area (TPSA) is 68.4 Å². The minimum Gasteiger partial charge on any atom is -0.480 e. The number of hydrogen-bond donors (Lipinski definition) is 2. The van der Waals surface area contributed by atoms with Crippen LogP contribution < -0.4 is 10.5 Å². The second-order valence-corrected chi connectivity index (χ2v) is 2.52. The van der Waals surface area contributed by atoms with Crippen molar-refractivity contribution in [1.82, 2.24) is 4.98 Å². The molecule has 5 heteroatoms. The highest BCUT2D eigenvalue weighted by atomic mass is 79.9. The van der Waals surface area contributed by atoms with Crippen LogP contribution in [0.25, 0.3) is 0 Å². The van der Waals surface area contributed by atoms with Crippen LogP contribution in [0.15, 0.2) is 16.7 Å². The van der Waals surface area contributed by atoms with E-state index in [0.717, 1.165) is 7.11 Å². The number of nitrogen functional groups attached to an aromatic ring is 1. The molecule has 1 aromatic heterocycles. The molecule has 0 saturated heterocycles. The van der Waals surface area contributed by atoms with Crippen molar-refractivity contribution in [3.05, 3.63) is 16.7 Å². The fraction of sp³-hybridized carbons (Fsp3) is 0.286. The Morgan fingerprint density at radius 2 is 2.17 bits per heavy atom. The molecule has 0 bridgehead atoms. The summed E-state index contributed by atoms with van der Waals surface area (Å²) >= 11 is 3.23. The minimum absolute atomic E-state index is 0.514. The van der Waals surface area contributed by atoms with Crippen molar-refractivity contribution in [3.63, 3.8) is 0 Å². The van der Waals surface area contributed by atoms with Gasteiger partial charge in [-0.25, -0.2) is 4.98 Å². The lowest BCUT2D eigenvalue weighted by molar-refractivity contribution is 0.395. The Labute approximate surface area is 79.5 Å². The molecule has 12 heavy (non-hydrogen) atoms. The molecule has 68 valence electrons. The van der Waals surface area contributed by atoms with E-state index < -0.39 is 0 Å². The Balaban J connectivity index is 0.000000561. The molecule has 0 fully saturated rings. The van der Waals surface area contributed by atoms with Crippen LogP contribution in [0.5, 0.6) is 5.88 Å². The molecule has 0 aliphatic rings. The van der Waals surface area contributed by atoms with Gasteiger partial charge in [0.2, 0.25) is 5.88 Å². The van der Waals surface area contributed by atoms with Crippen molar-refractivity contribution in [2.75, 3.05) is 20.0 Å². The predicted molar refractivity (Wildman–Crippen MR) is 51.0 cm³/mol. The molecule has 0 spiro atoms. The van der Waals surface area contributed by atoms with Gasteiger partial charge in [-0.1, -0.05) is 0 Å². The average molecular weight is 235 g/mol. The molecule has 0 saturated carbocycles. The highest BCUT2D eigenvalue weighted by molar-refractivity contribution is 9.10. The maximum atomic E-state index is 7.00. The van der Waals surface area contributed by atoms with Crippen molar-refractivity contribution < 1.29 is 9.84 Å². The lowest BCUT2D eigenvalue weighted by atomic mass is 10.4. The molecule has 0 aliphatic carbocycles. The normalized spacial score (nSPS) is 8.33. The lowest BCUT2D eigenvalue weighted by Gasteiger charge is -2.01. The Kier molecular flexibility index (Phi) is 5.40. The first kappa shape index (κ1) is 11.2. The fourth-order valence-corrected chi connectivity index (χ4v) is 0.977. The van der Waals surface area contributed by atoms with E-state index in [1.165, 1.54) is 0 Å². The third-order valence-electron chi connectivity index (χ3n) is 1.08. The van der Waals surface area contributed by atoms with Gasteiger partial charge in [-0.05, 0) is 22.0 Å². The Morgan fingerprint density at radius 1 is 1.58 bits per heavy atom. The first-order chi connectivity index (χ1) is 5.75. The van der Waals surface area contributed by atoms with Crippen molar-refractivity contribution in [2.45, 2.75) is 0 Å². The summed E-state index contributed by atoms with van der Waals surface area (Å²) in [6, 6.07) is 1.70. The predicted octanol–water partition coefficient (Wildman–Crippen LogP) is 1.04. The highest BCUT2D eigenvalue weighted by Crippen LogP contribution is 2.26. The van der Waals surface area contributed by atoms with E-state index in [9.17, 15) is 0 Å². The molecule has 0 aromatic carbocycles. The smallest absolute Gasteiger partial charge is 0.229 e. The van der Waals surface area contributed by atoms with Crippen LogP contribution in [0.4, 0.5) is 5.69 Å².